The van der Waals surface area contributed by atoms with Crippen molar-refractivity contribution in [1.82, 2.24) is 10.2 Å². The number of furan rings is 1. The first-order valence-electron chi connectivity index (χ1n) is 7.91. The van der Waals surface area contributed by atoms with Crippen molar-refractivity contribution in [2.75, 3.05) is 13.1 Å². The molecule has 0 radical (unpaired) electrons. The van der Waals surface area contributed by atoms with Crippen LogP contribution in [0.5, 0.6) is 0 Å². The maximum atomic E-state index is 12.3. The molecule has 2 heterocycles. The summed E-state index contributed by atoms with van der Waals surface area (Å²) in [6, 6.07) is 7.18. The molecule has 1 aromatic carbocycles. The van der Waals surface area contributed by atoms with Crippen LogP contribution in [0.25, 0.3) is 0 Å². The lowest BCUT2D eigenvalue weighted by molar-refractivity contribution is -0.384. The van der Waals surface area contributed by atoms with Gasteiger partial charge in [-0.3, -0.25) is 19.7 Å². The van der Waals surface area contributed by atoms with E-state index in [1.54, 1.807) is 17.0 Å². The molecule has 1 aromatic heterocycles. The number of non-ortho nitro benzene ring substituents is 1. The van der Waals surface area contributed by atoms with Gasteiger partial charge in [0.2, 0.25) is 0 Å². The summed E-state index contributed by atoms with van der Waals surface area (Å²) in [5.41, 5.74) is 0.651. The molecule has 2 amide bonds. The monoisotopic (exact) mass is 343 g/mol. The van der Waals surface area contributed by atoms with E-state index in [1.165, 1.54) is 30.7 Å². The van der Waals surface area contributed by atoms with Crippen molar-refractivity contribution in [3.63, 3.8) is 0 Å². The van der Waals surface area contributed by atoms with E-state index in [1.807, 2.05) is 0 Å². The van der Waals surface area contributed by atoms with Crippen molar-refractivity contribution >= 4 is 17.5 Å². The normalized spacial score (nSPS) is 15.0. The van der Waals surface area contributed by atoms with E-state index in [0.29, 0.717) is 31.5 Å². The van der Waals surface area contributed by atoms with Crippen molar-refractivity contribution in [3.8, 4) is 0 Å². The van der Waals surface area contributed by atoms with Crippen LogP contribution in [0, 0.1) is 10.1 Å². The van der Waals surface area contributed by atoms with Gasteiger partial charge >= 0.3 is 0 Å². The molecule has 8 nitrogen and oxygen atoms in total. The zero-order valence-corrected chi connectivity index (χ0v) is 13.4. The fourth-order valence-corrected chi connectivity index (χ4v) is 2.83. The molecule has 0 bridgehead atoms. The Kier molecular flexibility index (Phi) is 4.78. The third-order valence-electron chi connectivity index (χ3n) is 4.20. The van der Waals surface area contributed by atoms with E-state index in [4.69, 9.17) is 4.42 Å². The number of likely N-dealkylation sites (tertiary alicyclic amines) is 1. The molecule has 1 saturated heterocycles. The van der Waals surface area contributed by atoms with Crippen molar-refractivity contribution in [3.05, 3.63) is 64.1 Å². The molecule has 3 rings (SSSR count). The highest BCUT2D eigenvalue weighted by atomic mass is 16.6. The number of piperidine rings is 1. The number of nitro groups is 1. The second-order valence-electron chi connectivity index (χ2n) is 5.86. The van der Waals surface area contributed by atoms with Gasteiger partial charge in [-0.05, 0) is 25.0 Å². The maximum Gasteiger partial charge on any atom is 0.270 e. The van der Waals surface area contributed by atoms with Crippen LogP contribution in [0.3, 0.4) is 0 Å². The van der Waals surface area contributed by atoms with Crippen LogP contribution in [0.4, 0.5) is 5.69 Å². The van der Waals surface area contributed by atoms with Crippen LogP contribution in [-0.2, 0) is 0 Å². The molecular formula is C17H17N3O5. The van der Waals surface area contributed by atoms with Gasteiger partial charge in [0, 0.05) is 36.8 Å². The number of benzene rings is 1. The molecule has 0 saturated carbocycles. The maximum absolute atomic E-state index is 12.3. The minimum Gasteiger partial charge on any atom is -0.472 e. The minimum atomic E-state index is -0.531. The number of nitrogens with one attached hydrogen (secondary N) is 1. The fraction of sp³-hybridized carbons (Fsp3) is 0.294. The summed E-state index contributed by atoms with van der Waals surface area (Å²) in [4.78, 5) is 36.5. The van der Waals surface area contributed by atoms with E-state index in [0.717, 1.165) is 0 Å². The molecule has 1 aliphatic heterocycles. The molecule has 0 unspecified atom stereocenters. The van der Waals surface area contributed by atoms with Gasteiger partial charge in [0.15, 0.2) is 0 Å². The molecule has 8 heteroatoms. The Morgan fingerprint density at radius 1 is 1.20 bits per heavy atom. The Hall–Kier alpha value is -3.16. The zero-order chi connectivity index (χ0) is 17.8. The summed E-state index contributed by atoms with van der Waals surface area (Å²) in [7, 11) is 0. The molecule has 1 N–H and O–H groups in total. The lowest BCUT2D eigenvalue weighted by atomic mass is 10.0. The average Bonchev–Trinajstić information content (AvgIpc) is 3.16. The first-order valence-corrected chi connectivity index (χ1v) is 7.91. The quantitative estimate of drug-likeness (QED) is 0.677. The Balaban J connectivity index is 1.55. The first kappa shape index (κ1) is 16.7. The Morgan fingerprint density at radius 2 is 1.96 bits per heavy atom. The standard InChI is InChI=1S/C17H17N3O5/c21-16(12-2-1-3-15(10-12)20(23)24)18-14-4-7-19(8-5-14)17(22)13-6-9-25-11-13/h1-3,6,9-11,14H,4-5,7-8H2,(H,18,21). The van der Waals surface area contributed by atoms with E-state index in [2.05, 4.69) is 5.32 Å². The Labute approximate surface area is 143 Å². The molecular weight excluding hydrogens is 326 g/mol. The molecule has 130 valence electrons. The van der Waals surface area contributed by atoms with Crippen LogP contribution in [-0.4, -0.2) is 40.8 Å². The van der Waals surface area contributed by atoms with Gasteiger partial charge in [0.1, 0.15) is 6.26 Å². The second-order valence-corrected chi connectivity index (χ2v) is 5.86. The van der Waals surface area contributed by atoms with Crippen molar-refractivity contribution in [2.24, 2.45) is 0 Å². The summed E-state index contributed by atoms with van der Waals surface area (Å²) in [6.45, 7) is 1.06. The van der Waals surface area contributed by atoms with Crippen molar-refractivity contribution in [2.45, 2.75) is 18.9 Å². The third kappa shape index (κ3) is 3.85. The summed E-state index contributed by atoms with van der Waals surface area (Å²) < 4.78 is 4.92. The SMILES string of the molecule is O=C(NC1CCN(C(=O)c2ccoc2)CC1)c1cccc([N+](=O)[O-])c1. The highest BCUT2D eigenvalue weighted by molar-refractivity contribution is 5.95. The summed E-state index contributed by atoms with van der Waals surface area (Å²) in [6.07, 6.45) is 4.13. The molecule has 0 spiro atoms. The highest BCUT2D eigenvalue weighted by Crippen LogP contribution is 2.16. The number of nitrogens with zero attached hydrogens (tertiary/aromatic N) is 2. The Morgan fingerprint density at radius 3 is 2.60 bits per heavy atom. The summed E-state index contributed by atoms with van der Waals surface area (Å²) in [5, 5.41) is 13.7. The van der Waals surface area contributed by atoms with Gasteiger partial charge in [-0.25, -0.2) is 0 Å². The van der Waals surface area contributed by atoms with Crippen LogP contribution >= 0.6 is 0 Å². The van der Waals surface area contributed by atoms with Crippen molar-refractivity contribution < 1.29 is 18.9 Å². The topological polar surface area (TPSA) is 106 Å². The number of carbonyl (C=O) groups is 2. The van der Waals surface area contributed by atoms with Gasteiger partial charge in [-0.1, -0.05) is 6.07 Å². The van der Waals surface area contributed by atoms with Crippen LogP contribution in [0.2, 0.25) is 0 Å². The first-order chi connectivity index (χ1) is 12.0. The molecule has 2 aromatic rings. The van der Waals surface area contributed by atoms with E-state index in [9.17, 15) is 19.7 Å². The average molecular weight is 343 g/mol. The van der Waals surface area contributed by atoms with Crippen LogP contribution in [0.1, 0.15) is 33.6 Å². The minimum absolute atomic E-state index is 0.0693. The van der Waals surface area contributed by atoms with E-state index in [-0.39, 0.29) is 29.1 Å². The largest absolute Gasteiger partial charge is 0.472 e. The third-order valence-corrected chi connectivity index (χ3v) is 4.20. The molecule has 1 fully saturated rings. The number of amides is 2. The van der Waals surface area contributed by atoms with Gasteiger partial charge in [0.05, 0.1) is 16.7 Å². The van der Waals surface area contributed by atoms with Crippen LogP contribution in [0.15, 0.2) is 47.3 Å². The van der Waals surface area contributed by atoms with Gasteiger partial charge in [0.25, 0.3) is 17.5 Å². The van der Waals surface area contributed by atoms with E-state index >= 15 is 0 Å². The molecule has 0 aliphatic carbocycles. The lowest BCUT2D eigenvalue weighted by Crippen LogP contribution is -2.46. The van der Waals surface area contributed by atoms with Crippen molar-refractivity contribution in [1.29, 1.82) is 0 Å². The van der Waals surface area contributed by atoms with E-state index < -0.39 is 4.92 Å². The number of hydrogen-bond acceptors (Lipinski definition) is 5. The van der Waals surface area contributed by atoms with Crippen LogP contribution < -0.4 is 5.32 Å². The Bertz CT molecular complexity index is 779. The second kappa shape index (κ2) is 7.16. The summed E-state index contributed by atoms with van der Waals surface area (Å²) >= 11 is 0. The number of carbonyl (C=O) groups excluding carboxylic acids is 2. The van der Waals surface area contributed by atoms with Gasteiger partial charge in [-0.2, -0.15) is 0 Å². The number of nitro benzene ring substituents is 1. The smallest absolute Gasteiger partial charge is 0.270 e. The summed E-state index contributed by atoms with van der Waals surface area (Å²) in [5.74, 6) is -0.430. The number of rotatable bonds is 4. The zero-order valence-electron chi connectivity index (χ0n) is 13.4. The highest BCUT2D eigenvalue weighted by Gasteiger charge is 2.25. The predicted molar refractivity (Wildman–Crippen MR) is 88.2 cm³/mol. The molecule has 25 heavy (non-hydrogen) atoms. The predicted octanol–water partition coefficient (Wildman–Crippen LogP) is 2.22. The van der Waals surface area contributed by atoms with Gasteiger partial charge < -0.3 is 14.6 Å². The fourth-order valence-electron chi connectivity index (χ4n) is 2.83. The number of hydrogen-bond donors (Lipinski definition) is 1. The van der Waals surface area contributed by atoms with Gasteiger partial charge in [-0.15, -0.1) is 0 Å². The molecule has 1 aliphatic rings. The lowest BCUT2D eigenvalue weighted by Gasteiger charge is -2.32. The molecule has 0 atom stereocenters.